The van der Waals surface area contributed by atoms with Crippen LogP contribution in [0.3, 0.4) is 0 Å². The minimum atomic E-state index is -0.00221. The fourth-order valence-electron chi connectivity index (χ4n) is 3.22. The molecule has 1 aliphatic rings. The van der Waals surface area contributed by atoms with E-state index < -0.39 is 0 Å². The van der Waals surface area contributed by atoms with Gasteiger partial charge in [-0.25, -0.2) is 0 Å². The number of pyridine rings is 1. The summed E-state index contributed by atoms with van der Waals surface area (Å²) in [4.78, 5) is 16.7. The maximum atomic E-state index is 12.4. The third-order valence-corrected chi connectivity index (χ3v) is 4.75. The Hall–Kier alpha value is -1.68. The fraction of sp³-hybridized carbons (Fsp3) is 0.579. The second-order valence-corrected chi connectivity index (χ2v) is 7.39. The van der Waals surface area contributed by atoms with Crippen molar-refractivity contribution in [2.75, 3.05) is 13.2 Å². The van der Waals surface area contributed by atoms with Crippen molar-refractivity contribution in [3.63, 3.8) is 0 Å². The minimum Gasteiger partial charge on any atom is -0.396 e. The summed E-state index contributed by atoms with van der Waals surface area (Å²) in [7, 11) is 0. The Morgan fingerprint density at radius 1 is 1.43 bits per heavy atom. The van der Waals surface area contributed by atoms with Gasteiger partial charge in [0.25, 0.3) is 0 Å². The molecule has 2 N–H and O–H groups in total. The summed E-state index contributed by atoms with van der Waals surface area (Å²) in [5.74, 6) is 0.442. The molecule has 1 heterocycles. The normalized spacial score (nSPS) is 23.0. The van der Waals surface area contributed by atoms with Gasteiger partial charge < -0.3 is 10.4 Å². The molecule has 4 nitrogen and oxygen atoms in total. The van der Waals surface area contributed by atoms with Crippen LogP contribution in [-0.2, 0) is 11.2 Å². The molecule has 0 radical (unpaired) electrons. The minimum absolute atomic E-state index is 0.00221. The van der Waals surface area contributed by atoms with E-state index in [1.54, 1.807) is 6.20 Å². The Balaban J connectivity index is 1.87. The third-order valence-electron chi connectivity index (χ3n) is 4.75. The van der Waals surface area contributed by atoms with Crippen LogP contribution in [0.2, 0.25) is 0 Å². The molecular weight excluding hydrogens is 288 g/mol. The fourth-order valence-corrected chi connectivity index (χ4v) is 3.22. The quantitative estimate of drug-likeness (QED) is 0.760. The van der Waals surface area contributed by atoms with Crippen LogP contribution in [0.15, 0.2) is 36.0 Å². The Kier molecular flexibility index (Phi) is 5.58. The van der Waals surface area contributed by atoms with Crippen molar-refractivity contribution in [3.8, 4) is 0 Å². The zero-order valence-electron chi connectivity index (χ0n) is 14.5. The molecule has 4 heteroatoms. The number of amides is 1. The highest BCUT2D eigenvalue weighted by Gasteiger charge is 2.60. The highest BCUT2D eigenvalue weighted by atomic mass is 16.3. The van der Waals surface area contributed by atoms with Gasteiger partial charge >= 0.3 is 0 Å². The van der Waals surface area contributed by atoms with Gasteiger partial charge in [-0.2, -0.15) is 0 Å². The Labute approximate surface area is 139 Å². The van der Waals surface area contributed by atoms with Crippen LogP contribution in [-0.4, -0.2) is 29.1 Å². The Bertz CT molecular complexity index is 562. The summed E-state index contributed by atoms with van der Waals surface area (Å²) >= 11 is 0. The lowest BCUT2D eigenvalue weighted by molar-refractivity contribution is -0.123. The van der Waals surface area contributed by atoms with E-state index >= 15 is 0 Å². The maximum Gasteiger partial charge on any atom is 0.224 e. The van der Waals surface area contributed by atoms with Crippen molar-refractivity contribution >= 4 is 5.91 Å². The van der Waals surface area contributed by atoms with Gasteiger partial charge in [0, 0.05) is 31.0 Å². The summed E-state index contributed by atoms with van der Waals surface area (Å²) < 4.78 is 0. The molecule has 1 saturated carbocycles. The number of nitrogens with zero attached hydrogens (tertiary/aromatic N) is 1. The Morgan fingerprint density at radius 2 is 2.17 bits per heavy atom. The van der Waals surface area contributed by atoms with E-state index in [-0.39, 0.29) is 29.8 Å². The molecule has 0 aliphatic heterocycles. The van der Waals surface area contributed by atoms with Gasteiger partial charge in [0.05, 0.1) is 5.92 Å². The molecule has 1 aromatic rings. The predicted molar refractivity (Wildman–Crippen MR) is 91.7 cm³/mol. The molecule has 0 aromatic carbocycles. The van der Waals surface area contributed by atoms with Crippen LogP contribution in [0.4, 0.5) is 0 Å². The van der Waals surface area contributed by atoms with Gasteiger partial charge in [-0.05, 0) is 43.7 Å². The topological polar surface area (TPSA) is 62.2 Å². The zero-order chi connectivity index (χ0) is 17.0. The molecule has 1 aliphatic carbocycles. The van der Waals surface area contributed by atoms with E-state index in [9.17, 15) is 9.90 Å². The number of nitrogens with one attached hydrogen (secondary N) is 1. The number of carbonyl (C=O) groups excluding carboxylic acids is 1. The highest BCUT2D eigenvalue weighted by molar-refractivity contribution is 5.83. The molecule has 1 amide bonds. The first-order valence-corrected chi connectivity index (χ1v) is 8.29. The SMILES string of the molecule is CC(C)=CC1C(C(=O)NCC(CO)Cc2ccccn2)C1(C)C. The van der Waals surface area contributed by atoms with Gasteiger partial charge in [0.2, 0.25) is 5.91 Å². The van der Waals surface area contributed by atoms with Crippen molar-refractivity contribution < 1.29 is 9.90 Å². The lowest BCUT2D eigenvalue weighted by Crippen LogP contribution is -2.34. The first-order valence-electron chi connectivity index (χ1n) is 8.29. The number of aromatic nitrogens is 1. The van der Waals surface area contributed by atoms with Gasteiger partial charge in [0.1, 0.15) is 0 Å². The lowest BCUT2D eigenvalue weighted by Gasteiger charge is -2.15. The molecule has 3 atom stereocenters. The summed E-state index contributed by atoms with van der Waals surface area (Å²) in [5, 5.41) is 12.6. The first-order chi connectivity index (χ1) is 10.9. The molecule has 23 heavy (non-hydrogen) atoms. The largest absolute Gasteiger partial charge is 0.396 e. The number of hydrogen-bond acceptors (Lipinski definition) is 3. The smallest absolute Gasteiger partial charge is 0.224 e. The number of carbonyl (C=O) groups is 1. The standard InChI is InChI=1S/C19H28N2O2/c1-13(2)9-16-17(19(16,3)4)18(23)21-11-14(12-22)10-15-7-5-6-8-20-15/h5-9,14,16-17,22H,10-12H2,1-4H3,(H,21,23). The monoisotopic (exact) mass is 316 g/mol. The summed E-state index contributed by atoms with van der Waals surface area (Å²) in [6.45, 7) is 8.94. The van der Waals surface area contributed by atoms with Crippen LogP contribution in [0, 0.1) is 23.2 Å². The highest BCUT2D eigenvalue weighted by Crippen LogP contribution is 2.59. The number of aliphatic hydroxyl groups is 1. The zero-order valence-corrected chi connectivity index (χ0v) is 14.5. The molecule has 3 unspecified atom stereocenters. The van der Waals surface area contributed by atoms with E-state index in [0.717, 1.165) is 5.69 Å². The van der Waals surface area contributed by atoms with Gasteiger partial charge in [-0.15, -0.1) is 0 Å². The molecule has 0 spiro atoms. The summed E-state index contributed by atoms with van der Waals surface area (Å²) in [6, 6.07) is 5.75. The first kappa shape index (κ1) is 17.7. The van der Waals surface area contributed by atoms with E-state index in [2.05, 4.69) is 44.1 Å². The second kappa shape index (κ2) is 7.26. The van der Waals surface area contributed by atoms with Crippen LogP contribution < -0.4 is 5.32 Å². The summed E-state index contributed by atoms with van der Waals surface area (Å²) in [6.07, 6.45) is 4.61. The van der Waals surface area contributed by atoms with E-state index in [0.29, 0.717) is 18.9 Å². The molecule has 1 fully saturated rings. The summed E-state index contributed by atoms with van der Waals surface area (Å²) in [5.41, 5.74) is 2.22. The van der Waals surface area contributed by atoms with Crippen molar-refractivity contribution in [3.05, 3.63) is 41.7 Å². The van der Waals surface area contributed by atoms with Crippen molar-refractivity contribution in [1.29, 1.82) is 0 Å². The lowest BCUT2D eigenvalue weighted by atomic mass is 10.0. The van der Waals surface area contributed by atoms with Crippen molar-refractivity contribution in [1.82, 2.24) is 10.3 Å². The molecule has 126 valence electrons. The number of rotatable bonds is 7. The van der Waals surface area contributed by atoms with Gasteiger partial charge in [-0.1, -0.05) is 31.6 Å². The Morgan fingerprint density at radius 3 is 2.74 bits per heavy atom. The van der Waals surface area contributed by atoms with Crippen LogP contribution in [0.25, 0.3) is 0 Å². The van der Waals surface area contributed by atoms with Crippen molar-refractivity contribution in [2.24, 2.45) is 23.2 Å². The number of aliphatic hydroxyl groups excluding tert-OH is 1. The molecule has 1 aromatic heterocycles. The third kappa shape index (κ3) is 4.41. The van der Waals surface area contributed by atoms with Crippen molar-refractivity contribution in [2.45, 2.75) is 34.1 Å². The van der Waals surface area contributed by atoms with Gasteiger partial charge in [0.15, 0.2) is 0 Å². The predicted octanol–water partition coefficient (Wildman–Crippen LogP) is 2.59. The second-order valence-electron chi connectivity index (χ2n) is 7.39. The number of hydrogen-bond donors (Lipinski definition) is 2. The van der Waals surface area contributed by atoms with E-state index in [1.807, 2.05) is 18.2 Å². The maximum absolute atomic E-state index is 12.4. The van der Waals surface area contributed by atoms with Crippen LogP contribution in [0.5, 0.6) is 0 Å². The molecule has 0 bridgehead atoms. The number of allylic oxidation sites excluding steroid dienone is 2. The van der Waals surface area contributed by atoms with Gasteiger partial charge in [-0.3, -0.25) is 9.78 Å². The average molecular weight is 316 g/mol. The molecule has 0 saturated heterocycles. The molecule has 2 rings (SSSR count). The van der Waals surface area contributed by atoms with E-state index in [4.69, 9.17) is 0 Å². The van der Waals surface area contributed by atoms with Crippen LogP contribution >= 0.6 is 0 Å². The average Bonchev–Trinajstić information content (AvgIpc) is 3.04. The van der Waals surface area contributed by atoms with Crippen LogP contribution in [0.1, 0.15) is 33.4 Å². The van der Waals surface area contributed by atoms with E-state index in [1.165, 1.54) is 5.57 Å². The molecular formula is C19H28N2O2.